The molecule has 82 valence electrons. The summed E-state index contributed by atoms with van der Waals surface area (Å²) in [5.74, 6) is 0.678. The lowest BCUT2D eigenvalue weighted by atomic mass is 10.0. The van der Waals surface area contributed by atoms with E-state index in [4.69, 9.17) is 15.2 Å². The molecule has 5 nitrogen and oxygen atoms in total. The van der Waals surface area contributed by atoms with E-state index in [2.05, 4.69) is 10.2 Å². The smallest absolute Gasteiger partial charge is 0.169 e. The van der Waals surface area contributed by atoms with Gasteiger partial charge in [0.1, 0.15) is 5.82 Å². The number of nitrogens with zero attached hydrogens (tertiary/aromatic N) is 1. The Balaban J connectivity index is 1.75. The third kappa shape index (κ3) is 1.52. The van der Waals surface area contributed by atoms with Crippen molar-refractivity contribution in [3.63, 3.8) is 0 Å². The number of H-pyrrole nitrogens is 1. The van der Waals surface area contributed by atoms with Crippen molar-refractivity contribution in [2.24, 2.45) is 0 Å². The number of aromatic amines is 1. The van der Waals surface area contributed by atoms with Crippen LogP contribution in [0.15, 0.2) is 6.07 Å². The minimum atomic E-state index is -0.315. The van der Waals surface area contributed by atoms with Crippen LogP contribution in [0.4, 0.5) is 5.82 Å². The molecule has 0 bridgehead atoms. The Morgan fingerprint density at radius 1 is 1.47 bits per heavy atom. The number of anilines is 1. The van der Waals surface area contributed by atoms with E-state index in [-0.39, 0.29) is 5.79 Å². The van der Waals surface area contributed by atoms with Gasteiger partial charge < -0.3 is 15.2 Å². The summed E-state index contributed by atoms with van der Waals surface area (Å²) >= 11 is 0. The predicted octanol–water partition coefficient (Wildman–Crippen LogP) is 1.00. The zero-order chi connectivity index (χ0) is 10.3. The standard InChI is InChI=1S/C10H15N3O2/c11-9-5-8(12-13-9)7-1-2-10(6-7)14-3-4-15-10/h5,7H,1-4,6H2,(H3,11,12,13). The van der Waals surface area contributed by atoms with Crippen LogP contribution in [-0.4, -0.2) is 29.2 Å². The molecular formula is C10H15N3O2. The third-order valence-corrected chi connectivity index (χ3v) is 3.30. The number of nitrogens with two attached hydrogens (primary N) is 1. The molecule has 3 rings (SSSR count). The fraction of sp³-hybridized carbons (Fsp3) is 0.700. The van der Waals surface area contributed by atoms with Crippen molar-refractivity contribution in [1.82, 2.24) is 10.2 Å². The molecule has 5 heteroatoms. The predicted molar refractivity (Wildman–Crippen MR) is 54.2 cm³/mol. The van der Waals surface area contributed by atoms with Gasteiger partial charge in [0.2, 0.25) is 0 Å². The highest BCUT2D eigenvalue weighted by Gasteiger charge is 2.44. The van der Waals surface area contributed by atoms with E-state index in [1.54, 1.807) is 0 Å². The number of rotatable bonds is 1. The number of hydrogen-bond donors (Lipinski definition) is 2. The van der Waals surface area contributed by atoms with Gasteiger partial charge in [-0.1, -0.05) is 0 Å². The quantitative estimate of drug-likeness (QED) is 0.723. The van der Waals surface area contributed by atoms with Crippen molar-refractivity contribution in [3.05, 3.63) is 11.8 Å². The molecule has 15 heavy (non-hydrogen) atoms. The number of nitrogen functional groups attached to an aromatic ring is 1. The normalized spacial score (nSPS) is 28.9. The maximum atomic E-state index is 5.67. The van der Waals surface area contributed by atoms with Gasteiger partial charge in [-0.15, -0.1) is 0 Å². The zero-order valence-corrected chi connectivity index (χ0v) is 8.53. The summed E-state index contributed by atoms with van der Waals surface area (Å²) in [6.45, 7) is 1.44. The first-order valence-corrected chi connectivity index (χ1v) is 5.36. The maximum absolute atomic E-state index is 5.67. The Hall–Kier alpha value is -1.07. The topological polar surface area (TPSA) is 73.2 Å². The van der Waals surface area contributed by atoms with Crippen LogP contribution in [0.3, 0.4) is 0 Å². The number of aromatic nitrogens is 2. The van der Waals surface area contributed by atoms with Crippen LogP contribution in [0, 0.1) is 0 Å². The molecular weight excluding hydrogens is 194 g/mol. The van der Waals surface area contributed by atoms with Crippen molar-refractivity contribution < 1.29 is 9.47 Å². The Bertz CT molecular complexity index is 357. The van der Waals surface area contributed by atoms with Gasteiger partial charge in [-0.2, -0.15) is 5.10 Å². The van der Waals surface area contributed by atoms with Crippen LogP contribution in [0.1, 0.15) is 30.9 Å². The first-order chi connectivity index (χ1) is 7.27. The van der Waals surface area contributed by atoms with Gasteiger partial charge in [0.15, 0.2) is 5.79 Å². The zero-order valence-electron chi connectivity index (χ0n) is 8.53. The molecule has 1 atom stereocenters. The largest absolute Gasteiger partial charge is 0.382 e. The Morgan fingerprint density at radius 2 is 2.27 bits per heavy atom. The Labute approximate surface area is 87.9 Å². The van der Waals surface area contributed by atoms with Crippen LogP contribution < -0.4 is 5.73 Å². The minimum Gasteiger partial charge on any atom is -0.382 e. The molecule has 1 unspecified atom stereocenters. The molecule has 1 saturated heterocycles. The lowest BCUT2D eigenvalue weighted by molar-refractivity contribution is -0.151. The van der Waals surface area contributed by atoms with E-state index in [0.29, 0.717) is 11.7 Å². The molecule has 2 aliphatic rings. The van der Waals surface area contributed by atoms with E-state index in [1.807, 2.05) is 6.07 Å². The number of hydrogen-bond acceptors (Lipinski definition) is 4. The van der Waals surface area contributed by atoms with Gasteiger partial charge in [-0.25, -0.2) is 0 Å². The van der Waals surface area contributed by atoms with Crippen LogP contribution in [-0.2, 0) is 9.47 Å². The molecule has 1 aliphatic carbocycles. The summed E-state index contributed by atoms with van der Waals surface area (Å²) < 4.78 is 11.3. The molecule has 0 aromatic carbocycles. The summed E-state index contributed by atoms with van der Waals surface area (Å²) in [6.07, 6.45) is 2.95. The summed E-state index contributed by atoms with van der Waals surface area (Å²) in [6, 6.07) is 1.90. The second kappa shape index (κ2) is 3.21. The molecule has 1 aromatic rings. The first kappa shape index (κ1) is 9.18. The minimum absolute atomic E-state index is 0.315. The highest BCUT2D eigenvalue weighted by Crippen LogP contribution is 2.45. The molecule has 1 aliphatic heterocycles. The first-order valence-electron chi connectivity index (χ1n) is 5.36. The van der Waals surface area contributed by atoms with Gasteiger partial charge >= 0.3 is 0 Å². The SMILES string of the molecule is Nc1cc(C2CCC3(C2)OCCO3)[nH]n1. The van der Waals surface area contributed by atoms with Crippen molar-refractivity contribution in [1.29, 1.82) is 0 Å². The lowest BCUT2D eigenvalue weighted by Crippen LogP contribution is -2.25. The van der Waals surface area contributed by atoms with Gasteiger partial charge in [0.25, 0.3) is 0 Å². The highest BCUT2D eigenvalue weighted by molar-refractivity contribution is 5.30. The van der Waals surface area contributed by atoms with E-state index in [0.717, 1.165) is 38.2 Å². The molecule has 0 amide bonds. The van der Waals surface area contributed by atoms with Crippen molar-refractivity contribution in [2.75, 3.05) is 18.9 Å². The molecule has 1 spiro atoms. The van der Waals surface area contributed by atoms with Gasteiger partial charge in [0, 0.05) is 30.5 Å². The summed E-state index contributed by atoms with van der Waals surface area (Å²) in [5.41, 5.74) is 6.69. The molecule has 3 N–H and O–H groups in total. The second-order valence-corrected chi connectivity index (χ2v) is 4.30. The van der Waals surface area contributed by atoms with E-state index >= 15 is 0 Å². The average Bonchev–Trinajstić information content (AvgIpc) is 2.90. The van der Waals surface area contributed by atoms with Crippen LogP contribution in [0.25, 0.3) is 0 Å². The molecule has 2 fully saturated rings. The monoisotopic (exact) mass is 209 g/mol. The van der Waals surface area contributed by atoms with Gasteiger partial charge in [-0.3, -0.25) is 5.10 Å². The molecule has 2 heterocycles. The maximum Gasteiger partial charge on any atom is 0.169 e. The summed E-state index contributed by atoms with van der Waals surface area (Å²) in [4.78, 5) is 0. The molecule has 1 saturated carbocycles. The Morgan fingerprint density at radius 3 is 2.93 bits per heavy atom. The third-order valence-electron chi connectivity index (χ3n) is 3.30. The van der Waals surface area contributed by atoms with E-state index in [1.165, 1.54) is 0 Å². The van der Waals surface area contributed by atoms with Crippen molar-refractivity contribution in [3.8, 4) is 0 Å². The number of ether oxygens (including phenoxy) is 2. The number of nitrogens with one attached hydrogen (secondary N) is 1. The van der Waals surface area contributed by atoms with Crippen LogP contribution in [0.5, 0.6) is 0 Å². The van der Waals surface area contributed by atoms with E-state index in [9.17, 15) is 0 Å². The second-order valence-electron chi connectivity index (χ2n) is 4.30. The van der Waals surface area contributed by atoms with Gasteiger partial charge in [0.05, 0.1) is 13.2 Å². The highest BCUT2D eigenvalue weighted by atomic mass is 16.7. The summed E-state index contributed by atoms with van der Waals surface area (Å²) in [5, 5.41) is 6.92. The summed E-state index contributed by atoms with van der Waals surface area (Å²) in [7, 11) is 0. The van der Waals surface area contributed by atoms with Crippen LogP contribution in [0.2, 0.25) is 0 Å². The van der Waals surface area contributed by atoms with E-state index < -0.39 is 0 Å². The van der Waals surface area contributed by atoms with Gasteiger partial charge in [-0.05, 0) is 6.42 Å². The van der Waals surface area contributed by atoms with Crippen molar-refractivity contribution in [2.45, 2.75) is 31.0 Å². The fourth-order valence-electron chi connectivity index (χ4n) is 2.56. The Kier molecular flexibility index (Phi) is 1.97. The molecule has 1 aromatic heterocycles. The molecule has 0 radical (unpaired) electrons. The average molecular weight is 209 g/mol. The fourth-order valence-corrected chi connectivity index (χ4v) is 2.56. The lowest BCUT2D eigenvalue weighted by Gasteiger charge is -2.21. The van der Waals surface area contributed by atoms with Crippen molar-refractivity contribution >= 4 is 5.82 Å². The van der Waals surface area contributed by atoms with Crippen LogP contribution >= 0.6 is 0 Å².